The zero-order chi connectivity index (χ0) is 32.7. The Kier molecular flexibility index (Phi) is 5.92. The Morgan fingerprint density at radius 1 is 0.510 bits per heavy atom. The Bertz CT molecular complexity index is 2750. The highest BCUT2D eigenvalue weighted by Crippen LogP contribution is 2.50. The number of benzene rings is 6. The van der Waals surface area contributed by atoms with E-state index in [9.17, 15) is 0 Å². The third kappa shape index (κ3) is 4.19. The molecular weight excluding hydrogens is 597 g/mol. The molecule has 49 heavy (non-hydrogen) atoms. The molecule has 0 spiro atoms. The summed E-state index contributed by atoms with van der Waals surface area (Å²) in [6, 6.07) is 54.2. The molecular formula is C46H32N2O. The molecule has 3 heteroatoms. The zero-order valence-electron chi connectivity index (χ0n) is 27.3. The van der Waals surface area contributed by atoms with E-state index in [4.69, 9.17) is 9.40 Å². The van der Waals surface area contributed by atoms with E-state index in [1.807, 2.05) is 6.07 Å². The first-order valence-corrected chi connectivity index (χ1v) is 16.9. The maximum atomic E-state index is 6.65. The molecule has 0 fully saturated rings. The topological polar surface area (TPSA) is 30.4 Å². The van der Waals surface area contributed by atoms with Crippen LogP contribution in [0.3, 0.4) is 0 Å². The van der Waals surface area contributed by atoms with Gasteiger partial charge in [0.2, 0.25) is 0 Å². The Balaban J connectivity index is 1.08. The lowest BCUT2D eigenvalue weighted by Crippen LogP contribution is -2.14. The Morgan fingerprint density at radius 2 is 1.22 bits per heavy atom. The van der Waals surface area contributed by atoms with Crippen molar-refractivity contribution < 1.29 is 4.42 Å². The van der Waals surface area contributed by atoms with Crippen LogP contribution in [0.1, 0.15) is 25.0 Å². The van der Waals surface area contributed by atoms with Crippen LogP contribution in [0.25, 0.3) is 83.5 Å². The number of hydrogen-bond acceptors (Lipinski definition) is 2. The lowest BCUT2D eigenvalue weighted by Gasteiger charge is -2.22. The molecule has 3 heterocycles. The number of aromatic nitrogens is 2. The van der Waals surface area contributed by atoms with Gasteiger partial charge in [0.25, 0.3) is 0 Å². The smallest absolute Gasteiger partial charge is 0.143 e. The summed E-state index contributed by atoms with van der Waals surface area (Å²) in [4.78, 5) is 5.11. The summed E-state index contributed by atoms with van der Waals surface area (Å²) in [7, 11) is 0. The van der Waals surface area contributed by atoms with Crippen molar-refractivity contribution in [3.8, 4) is 55.9 Å². The highest BCUT2D eigenvalue weighted by atomic mass is 16.3. The molecule has 6 aromatic carbocycles. The van der Waals surface area contributed by atoms with E-state index in [-0.39, 0.29) is 5.41 Å². The lowest BCUT2D eigenvalue weighted by molar-refractivity contribution is 0.660. The third-order valence-electron chi connectivity index (χ3n) is 10.4. The minimum atomic E-state index is -0.0387. The lowest BCUT2D eigenvalue weighted by atomic mass is 9.81. The number of fused-ring (bicyclic) bond motifs is 7. The van der Waals surface area contributed by atoms with E-state index in [0.29, 0.717) is 0 Å². The third-order valence-corrected chi connectivity index (χ3v) is 10.4. The van der Waals surface area contributed by atoms with Crippen LogP contribution in [0.15, 0.2) is 162 Å². The average Bonchev–Trinajstić information content (AvgIpc) is 3.80. The van der Waals surface area contributed by atoms with Crippen LogP contribution in [-0.4, -0.2) is 9.38 Å². The van der Waals surface area contributed by atoms with Gasteiger partial charge in [0.1, 0.15) is 16.8 Å². The molecule has 0 saturated heterocycles. The summed E-state index contributed by atoms with van der Waals surface area (Å²) in [6.45, 7) is 4.67. The average molecular weight is 629 g/mol. The Morgan fingerprint density at radius 3 is 2.14 bits per heavy atom. The monoisotopic (exact) mass is 628 g/mol. The molecule has 0 radical (unpaired) electrons. The van der Waals surface area contributed by atoms with Gasteiger partial charge in [0, 0.05) is 39.1 Å². The quantitative estimate of drug-likeness (QED) is 0.194. The number of hydrogen-bond donors (Lipinski definition) is 0. The minimum Gasteiger partial charge on any atom is -0.455 e. The molecule has 3 aromatic heterocycles. The van der Waals surface area contributed by atoms with Gasteiger partial charge >= 0.3 is 0 Å². The number of pyridine rings is 1. The van der Waals surface area contributed by atoms with Crippen molar-refractivity contribution in [1.82, 2.24) is 9.38 Å². The van der Waals surface area contributed by atoms with Gasteiger partial charge in [-0.1, -0.05) is 129 Å². The maximum absolute atomic E-state index is 6.65. The van der Waals surface area contributed by atoms with Crippen LogP contribution < -0.4 is 0 Å². The second kappa shape index (κ2) is 10.4. The molecule has 0 saturated carbocycles. The second-order valence-corrected chi connectivity index (χ2v) is 13.6. The minimum absolute atomic E-state index is 0.0387. The number of para-hydroxylation sites is 1. The first-order valence-electron chi connectivity index (χ1n) is 16.9. The van der Waals surface area contributed by atoms with Gasteiger partial charge < -0.3 is 4.42 Å². The van der Waals surface area contributed by atoms with Gasteiger partial charge in [-0.25, -0.2) is 4.98 Å². The van der Waals surface area contributed by atoms with Crippen LogP contribution in [0.2, 0.25) is 0 Å². The predicted octanol–water partition coefficient (Wildman–Crippen LogP) is 12.2. The van der Waals surface area contributed by atoms with Crippen molar-refractivity contribution in [2.45, 2.75) is 19.3 Å². The van der Waals surface area contributed by atoms with E-state index in [1.54, 1.807) is 0 Å². The molecule has 0 unspecified atom stereocenters. The molecule has 0 amide bonds. The van der Waals surface area contributed by atoms with Gasteiger partial charge in [0.05, 0.1) is 11.4 Å². The summed E-state index contributed by atoms with van der Waals surface area (Å²) >= 11 is 0. The highest BCUT2D eigenvalue weighted by molar-refractivity contribution is 6.10. The molecule has 1 aliphatic rings. The van der Waals surface area contributed by atoms with E-state index in [0.717, 1.165) is 61.2 Å². The Labute approximate surface area is 284 Å². The van der Waals surface area contributed by atoms with Crippen molar-refractivity contribution in [1.29, 1.82) is 0 Å². The highest BCUT2D eigenvalue weighted by Gasteiger charge is 2.35. The fraction of sp³-hybridized carbons (Fsp3) is 0.0652. The van der Waals surface area contributed by atoms with Crippen LogP contribution >= 0.6 is 0 Å². The molecule has 1 aliphatic carbocycles. The fourth-order valence-electron chi connectivity index (χ4n) is 7.99. The number of nitrogens with zero attached hydrogens (tertiary/aromatic N) is 2. The number of rotatable bonds is 4. The number of imidazole rings is 1. The second-order valence-electron chi connectivity index (χ2n) is 13.6. The van der Waals surface area contributed by atoms with Gasteiger partial charge in [-0.05, 0) is 75.3 Å². The molecule has 3 nitrogen and oxygen atoms in total. The van der Waals surface area contributed by atoms with E-state index in [2.05, 4.69) is 170 Å². The van der Waals surface area contributed by atoms with Gasteiger partial charge in [0.15, 0.2) is 0 Å². The normalized spacial score (nSPS) is 13.3. The van der Waals surface area contributed by atoms with E-state index < -0.39 is 0 Å². The van der Waals surface area contributed by atoms with E-state index >= 15 is 0 Å². The van der Waals surface area contributed by atoms with Gasteiger partial charge in [-0.3, -0.25) is 4.40 Å². The zero-order valence-corrected chi connectivity index (χ0v) is 27.3. The van der Waals surface area contributed by atoms with Crippen LogP contribution in [0, 0.1) is 0 Å². The van der Waals surface area contributed by atoms with Gasteiger partial charge in [-0.2, -0.15) is 0 Å². The molecule has 0 aliphatic heterocycles. The van der Waals surface area contributed by atoms with Crippen LogP contribution in [0.4, 0.5) is 0 Å². The van der Waals surface area contributed by atoms with Crippen molar-refractivity contribution in [3.63, 3.8) is 0 Å². The first-order chi connectivity index (χ1) is 24.0. The number of furan rings is 1. The summed E-state index contributed by atoms with van der Waals surface area (Å²) in [6.07, 6.45) is 2.09. The van der Waals surface area contributed by atoms with E-state index in [1.165, 1.54) is 33.4 Å². The summed E-state index contributed by atoms with van der Waals surface area (Å²) < 4.78 is 8.82. The van der Waals surface area contributed by atoms with Crippen molar-refractivity contribution in [2.24, 2.45) is 0 Å². The molecule has 232 valence electrons. The SMILES string of the molecule is CC1(C)c2ccccc2-c2ccc(-c3ccc4oc5c(-c6cccc(-c7nc8ccccn8c7-c7ccccc7)c6)cccc5c4c3)cc21. The molecule has 0 atom stereocenters. The predicted molar refractivity (Wildman–Crippen MR) is 202 cm³/mol. The van der Waals surface area contributed by atoms with Crippen LogP contribution in [-0.2, 0) is 5.41 Å². The molecule has 10 rings (SSSR count). The summed E-state index contributed by atoms with van der Waals surface area (Å²) in [5.74, 6) is 0. The Hall–Kier alpha value is -6.19. The molecule has 0 bridgehead atoms. The maximum Gasteiger partial charge on any atom is 0.143 e. The summed E-state index contributed by atoms with van der Waals surface area (Å²) in [5.41, 5.74) is 17.0. The fourth-order valence-corrected chi connectivity index (χ4v) is 7.99. The van der Waals surface area contributed by atoms with Crippen molar-refractivity contribution in [2.75, 3.05) is 0 Å². The summed E-state index contributed by atoms with van der Waals surface area (Å²) in [5, 5.41) is 2.24. The van der Waals surface area contributed by atoms with Crippen molar-refractivity contribution in [3.05, 3.63) is 169 Å². The van der Waals surface area contributed by atoms with Crippen LogP contribution in [0.5, 0.6) is 0 Å². The van der Waals surface area contributed by atoms with Gasteiger partial charge in [-0.15, -0.1) is 0 Å². The molecule has 9 aromatic rings. The van der Waals surface area contributed by atoms with Crippen molar-refractivity contribution >= 4 is 27.6 Å². The standard InChI is InChI=1S/C46H32N2O/c1-46(2)39-19-7-6-16-35(39)36-23-21-31(28-40(36)46)30-22-24-41-38(27-30)37-18-11-17-34(45(37)49-41)32-14-10-15-33(26-32)43-44(29-12-4-3-5-13-29)48-25-9-8-20-42(48)47-43/h3-28H,1-2H3. The largest absolute Gasteiger partial charge is 0.455 e. The molecule has 0 N–H and O–H groups in total. The first kappa shape index (κ1) is 27.9.